The number of rotatable bonds is 11. The highest BCUT2D eigenvalue weighted by molar-refractivity contribution is 7.99. The maximum atomic E-state index is 11.0. The van der Waals surface area contributed by atoms with Crippen molar-refractivity contribution >= 4 is 35.1 Å². The third kappa shape index (κ3) is 8.06. The van der Waals surface area contributed by atoms with Crippen molar-refractivity contribution < 1.29 is 4.79 Å². The fourth-order valence-corrected chi connectivity index (χ4v) is 3.93. The van der Waals surface area contributed by atoms with Gasteiger partial charge in [-0.1, -0.05) is 62.9 Å². The quantitative estimate of drug-likeness (QED) is 0.306. The van der Waals surface area contributed by atoms with E-state index in [1.807, 2.05) is 30.0 Å². The largest absolute Gasteiger partial charge is 0.350 e. The molecular formula is C18H28ClN3OS. The van der Waals surface area contributed by atoms with E-state index in [1.165, 1.54) is 19.3 Å². The molecule has 0 aliphatic heterocycles. The van der Waals surface area contributed by atoms with Crippen LogP contribution in [0.5, 0.6) is 0 Å². The van der Waals surface area contributed by atoms with Gasteiger partial charge >= 0.3 is 6.03 Å². The highest BCUT2D eigenvalue weighted by atomic mass is 35.5. The fourth-order valence-electron chi connectivity index (χ4n) is 2.50. The standard InChI is InChI=1S/C18H28ClN3OS/c1-3-5-6-7-10-14(21-22-18(20)23)13-17(24-4-2)15-11-8-9-12-16(15)19/h8-9,11-12,17H,3-7,10,13H2,1-2H3,(H3,20,22,23)/b21-14+/t17-/m1/s1. The molecule has 6 heteroatoms. The molecule has 4 nitrogen and oxygen atoms in total. The number of benzene rings is 1. The Kier molecular flexibility index (Phi) is 10.6. The number of nitrogens with zero attached hydrogens (tertiary/aromatic N) is 1. The van der Waals surface area contributed by atoms with Gasteiger partial charge in [-0.2, -0.15) is 16.9 Å². The van der Waals surface area contributed by atoms with Gasteiger partial charge in [0.05, 0.1) is 0 Å². The first-order valence-electron chi connectivity index (χ1n) is 8.55. The van der Waals surface area contributed by atoms with E-state index in [4.69, 9.17) is 17.3 Å². The summed E-state index contributed by atoms with van der Waals surface area (Å²) < 4.78 is 0. The lowest BCUT2D eigenvalue weighted by Crippen LogP contribution is -2.26. The molecule has 0 aliphatic rings. The van der Waals surface area contributed by atoms with E-state index in [9.17, 15) is 4.79 Å². The zero-order valence-corrected chi connectivity index (χ0v) is 16.1. The predicted molar refractivity (Wildman–Crippen MR) is 106 cm³/mol. The van der Waals surface area contributed by atoms with Crippen molar-refractivity contribution in [2.24, 2.45) is 10.8 Å². The monoisotopic (exact) mass is 369 g/mol. The van der Waals surface area contributed by atoms with Crippen molar-refractivity contribution in [1.82, 2.24) is 5.43 Å². The first-order chi connectivity index (χ1) is 11.6. The Hall–Kier alpha value is -1.20. The number of nitrogens with two attached hydrogens (primary N) is 1. The Morgan fingerprint density at radius 1 is 1.29 bits per heavy atom. The van der Waals surface area contributed by atoms with Gasteiger partial charge in [-0.15, -0.1) is 0 Å². The van der Waals surface area contributed by atoms with Crippen LogP contribution in [0.15, 0.2) is 29.4 Å². The van der Waals surface area contributed by atoms with Gasteiger partial charge in [0.25, 0.3) is 0 Å². The number of amides is 2. The van der Waals surface area contributed by atoms with Gasteiger partial charge in [0.1, 0.15) is 0 Å². The average molecular weight is 370 g/mol. The molecule has 0 saturated heterocycles. The highest BCUT2D eigenvalue weighted by Crippen LogP contribution is 2.36. The van der Waals surface area contributed by atoms with Crippen LogP contribution in [0.2, 0.25) is 5.02 Å². The second-order valence-corrected chi connectivity index (χ2v) is 7.52. The summed E-state index contributed by atoms with van der Waals surface area (Å²) in [5.41, 5.74) is 9.63. The van der Waals surface area contributed by atoms with Crippen LogP contribution in [0.25, 0.3) is 0 Å². The third-order valence-electron chi connectivity index (χ3n) is 3.68. The molecular weight excluding hydrogens is 342 g/mol. The molecule has 24 heavy (non-hydrogen) atoms. The van der Waals surface area contributed by atoms with E-state index in [0.717, 1.165) is 41.3 Å². The summed E-state index contributed by atoms with van der Waals surface area (Å²) >= 11 is 8.21. The molecule has 3 N–H and O–H groups in total. The lowest BCUT2D eigenvalue weighted by Gasteiger charge is -2.19. The molecule has 1 aromatic rings. The Morgan fingerprint density at radius 2 is 2.04 bits per heavy atom. The second-order valence-electron chi connectivity index (χ2n) is 5.63. The molecule has 134 valence electrons. The number of carbonyl (C=O) groups is 1. The number of hydrazone groups is 1. The van der Waals surface area contributed by atoms with Gasteiger partial charge in [0.15, 0.2) is 0 Å². The van der Waals surface area contributed by atoms with E-state index in [-0.39, 0.29) is 5.25 Å². The Bertz CT molecular complexity index is 537. The molecule has 0 bridgehead atoms. The number of unbranched alkanes of at least 4 members (excludes halogenated alkanes) is 3. The molecule has 0 spiro atoms. The number of halogens is 1. The van der Waals surface area contributed by atoms with E-state index in [0.29, 0.717) is 0 Å². The Balaban J connectivity index is 2.83. The highest BCUT2D eigenvalue weighted by Gasteiger charge is 2.17. The summed E-state index contributed by atoms with van der Waals surface area (Å²) in [4.78, 5) is 11.0. The van der Waals surface area contributed by atoms with E-state index in [1.54, 1.807) is 0 Å². The zero-order valence-electron chi connectivity index (χ0n) is 14.6. The Labute approximate surface area is 154 Å². The predicted octanol–water partition coefficient (Wildman–Crippen LogP) is 5.52. The lowest BCUT2D eigenvalue weighted by atomic mass is 10.0. The average Bonchev–Trinajstić information content (AvgIpc) is 2.56. The van der Waals surface area contributed by atoms with Crippen LogP contribution in [0, 0.1) is 0 Å². The molecule has 0 aliphatic carbocycles. The van der Waals surface area contributed by atoms with Crippen LogP contribution < -0.4 is 11.2 Å². The van der Waals surface area contributed by atoms with Crippen molar-refractivity contribution in [2.45, 2.75) is 57.6 Å². The maximum absolute atomic E-state index is 11.0. The number of primary amides is 1. The summed E-state index contributed by atoms with van der Waals surface area (Å²) in [5.74, 6) is 0.988. The molecule has 2 amide bonds. The van der Waals surface area contributed by atoms with E-state index >= 15 is 0 Å². The van der Waals surface area contributed by atoms with Crippen LogP contribution in [0.1, 0.15) is 63.2 Å². The Morgan fingerprint density at radius 3 is 2.67 bits per heavy atom. The van der Waals surface area contributed by atoms with E-state index in [2.05, 4.69) is 30.4 Å². The molecule has 1 rings (SSSR count). The minimum absolute atomic E-state index is 0.225. The van der Waals surface area contributed by atoms with Crippen molar-refractivity contribution in [3.63, 3.8) is 0 Å². The van der Waals surface area contributed by atoms with Gasteiger partial charge in [-0.25, -0.2) is 10.2 Å². The number of carbonyl (C=O) groups excluding carboxylic acids is 1. The van der Waals surface area contributed by atoms with Crippen molar-refractivity contribution in [2.75, 3.05) is 5.75 Å². The number of hydrogen-bond donors (Lipinski definition) is 2. The minimum Gasteiger partial charge on any atom is -0.350 e. The van der Waals surface area contributed by atoms with Gasteiger partial charge in [-0.05, 0) is 30.2 Å². The number of nitrogens with one attached hydrogen (secondary N) is 1. The topological polar surface area (TPSA) is 67.5 Å². The number of thioether (sulfide) groups is 1. The molecule has 1 aromatic carbocycles. The summed E-state index contributed by atoms with van der Waals surface area (Å²) in [5, 5.41) is 5.23. The molecule has 0 unspecified atom stereocenters. The molecule has 1 atom stereocenters. The SMILES string of the molecule is CCCCCC/C(C[C@@H](SCC)c1ccccc1Cl)=N\NC(N)=O. The summed E-state index contributed by atoms with van der Waals surface area (Å²) in [6.07, 6.45) is 6.27. The lowest BCUT2D eigenvalue weighted by molar-refractivity contribution is 0.249. The maximum Gasteiger partial charge on any atom is 0.332 e. The minimum atomic E-state index is -0.626. The zero-order chi connectivity index (χ0) is 17.8. The van der Waals surface area contributed by atoms with Gasteiger partial charge in [0.2, 0.25) is 0 Å². The van der Waals surface area contributed by atoms with Crippen LogP contribution in [0.4, 0.5) is 4.79 Å². The normalized spacial score (nSPS) is 12.9. The third-order valence-corrected chi connectivity index (χ3v) is 5.18. The number of urea groups is 1. The second kappa shape index (κ2) is 12.2. The van der Waals surface area contributed by atoms with Crippen LogP contribution in [-0.2, 0) is 0 Å². The molecule has 0 fully saturated rings. The molecule has 0 aromatic heterocycles. The smallest absolute Gasteiger partial charge is 0.332 e. The first kappa shape index (κ1) is 20.8. The summed E-state index contributed by atoms with van der Waals surface area (Å²) in [7, 11) is 0. The molecule has 0 heterocycles. The summed E-state index contributed by atoms with van der Waals surface area (Å²) in [6, 6.07) is 7.29. The van der Waals surface area contributed by atoms with Gasteiger partial charge in [0, 0.05) is 22.4 Å². The first-order valence-corrected chi connectivity index (χ1v) is 9.98. The van der Waals surface area contributed by atoms with Crippen LogP contribution in [0.3, 0.4) is 0 Å². The molecule has 0 radical (unpaired) electrons. The summed E-state index contributed by atoms with van der Waals surface area (Å²) in [6.45, 7) is 4.32. The number of hydrogen-bond acceptors (Lipinski definition) is 3. The van der Waals surface area contributed by atoms with Gasteiger partial charge < -0.3 is 5.73 Å². The van der Waals surface area contributed by atoms with Gasteiger partial charge in [-0.3, -0.25) is 0 Å². The van der Waals surface area contributed by atoms with Crippen molar-refractivity contribution in [1.29, 1.82) is 0 Å². The van der Waals surface area contributed by atoms with Crippen molar-refractivity contribution in [3.8, 4) is 0 Å². The van der Waals surface area contributed by atoms with E-state index < -0.39 is 6.03 Å². The fraction of sp³-hybridized carbons (Fsp3) is 0.556. The van der Waals surface area contributed by atoms with Crippen molar-refractivity contribution in [3.05, 3.63) is 34.9 Å². The van der Waals surface area contributed by atoms with Crippen LogP contribution in [-0.4, -0.2) is 17.5 Å². The molecule has 0 saturated carbocycles. The van der Waals surface area contributed by atoms with Crippen LogP contribution >= 0.6 is 23.4 Å².